The van der Waals surface area contributed by atoms with Gasteiger partial charge in [0.15, 0.2) is 0 Å². The van der Waals surface area contributed by atoms with Gasteiger partial charge in [0.2, 0.25) is 0 Å². The number of hydrogen-bond acceptors (Lipinski definition) is 1. The van der Waals surface area contributed by atoms with Crippen molar-refractivity contribution >= 4 is 15.9 Å². The van der Waals surface area contributed by atoms with Crippen molar-refractivity contribution in [1.82, 2.24) is 0 Å². The Morgan fingerprint density at radius 3 is 2.47 bits per heavy atom. The third-order valence-electron chi connectivity index (χ3n) is 1.94. The minimum Gasteiger partial charge on any atom is -0.321 e. The molecule has 0 saturated heterocycles. The van der Waals surface area contributed by atoms with Gasteiger partial charge in [0.05, 0.1) is 5.56 Å². The predicted octanol–water partition coefficient (Wildman–Crippen LogP) is 3.65. The average Bonchev–Trinajstić information content (AvgIpc) is 2.15. The highest BCUT2D eigenvalue weighted by Crippen LogP contribution is 2.33. The third kappa shape index (κ3) is 2.82. The van der Waals surface area contributed by atoms with Crippen molar-refractivity contribution in [1.29, 1.82) is 0 Å². The molecule has 2 N–H and O–H groups in total. The van der Waals surface area contributed by atoms with Crippen LogP contribution in [0.4, 0.5) is 13.2 Å². The fourth-order valence-electron chi connectivity index (χ4n) is 1.10. The summed E-state index contributed by atoms with van der Waals surface area (Å²) in [6, 6.07) is 2.75. The standard InChI is InChI=1S/C10H9BrF3N/c1-2-9(15)7-5-6(10(12,13)14)3-4-8(7)11/h2-5,9H,1,15H2/t9-/m1/s1. The van der Waals surface area contributed by atoms with Gasteiger partial charge in [0, 0.05) is 10.5 Å². The molecule has 0 spiro atoms. The lowest BCUT2D eigenvalue weighted by Crippen LogP contribution is -2.11. The van der Waals surface area contributed by atoms with Crippen LogP contribution in [0.15, 0.2) is 35.3 Å². The molecule has 0 aliphatic heterocycles. The summed E-state index contributed by atoms with van der Waals surface area (Å²) in [6.07, 6.45) is -2.96. The minimum absolute atomic E-state index is 0.375. The van der Waals surface area contributed by atoms with Crippen molar-refractivity contribution < 1.29 is 13.2 Å². The molecule has 0 aliphatic carbocycles. The van der Waals surface area contributed by atoms with Crippen molar-refractivity contribution in [2.24, 2.45) is 5.73 Å². The van der Waals surface area contributed by atoms with E-state index < -0.39 is 17.8 Å². The van der Waals surface area contributed by atoms with Gasteiger partial charge in [-0.3, -0.25) is 0 Å². The molecule has 1 atom stereocenters. The maximum absolute atomic E-state index is 12.4. The maximum Gasteiger partial charge on any atom is 0.416 e. The van der Waals surface area contributed by atoms with Crippen LogP contribution in [0, 0.1) is 0 Å². The molecular formula is C10H9BrF3N. The lowest BCUT2D eigenvalue weighted by molar-refractivity contribution is -0.137. The van der Waals surface area contributed by atoms with Gasteiger partial charge < -0.3 is 5.73 Å². The van der Waals surface area contributed by atoms with E-state index in [2.05, 4.69) is 22.5 Å². The zero-order valence-electron chi connectivity index (χ0n) is 7.68. The summed E-state index contributed by atoms with van der Waals surface area (Å²) in [5.41, 5.74) is 5.26. The lowest BCUT2D eigenvalue weighted by Gasteiger charge is -2.13. The predicted molar refractivity (Wildman–Crippen MR) is 56.3 cm³/mol. The average molecular weight is 280 g/mol. The molecule has 15 heavy (non-hydrogen) atoms. The Morgan fingerprint density at radius 1 is 1.40 bits per heavy atom. The second kappa shape index (κ2) is 4.37. The lowest BCUT2D eigenvalue weighted by atomic mass is 10.0. The van der Waals surface area contributed by atoms with Crippen molar-refractivity contribution in [2.45, 2.75) is 12.2 Å². The molecule has 0 fully saturated rings. The van der Waals surface area contributed by atoms with Gasteiger partial charge in [-0.2, -0.15) is 13.2 Å². The largest absolute Gasteiger partial charge is 0.416 e. The van der Waals surface area contributed by atoms with Crippen molar-refractivity contribution in [3.05, 3.63) is 46.5 Å². The van der Waals surface area contributed by atoms with E-state index in [9.17, 15) is 13.2 Å². The zero-order valence-corrected chi connectivity index (χ0v) is 9.27. The quantitative estimate of drug-likeness (QED) is 0.822. The number of benzene rings is 1. The summed E-state index contributed by atoms with van der Waals surface area (Å²) < 4.78 is 37.7. The fourth-order valence-corrected chi connectivity index (χ4v) is 1.61. The Hall–Kier alpha value is -0.810. The third-order valence-corrected chi connectivity index (χ3v) is 2.66. The summed E-state index contributed by atoms with van der Waals surface area (Å²) in [5.74, 6) is 0. The molecule has 1 nitrogen and oxygen atoms in total. The van der Waals surface area contributed by atoms with E-state index in [4.69, 9.17) is 5.73 Å². The van der Waals surface area contributed by atoms with Gasteiger partial charge in [0.1, 0.15) is 0 Å². The number of alkyl halides is 3. The molecule has 0 bridgehead atoms. The maximum atomic E-state index is 12.4. The highest BCUT2D eigenvalue weighted by Gasteiger charge is 2.31. The second-order valence-electron chi connectivity index (χ2n) is 3.00. The fraction of sp³-hybridized carbons (Fsp3) is 0.200. The summed E-state index contributed by atoms with van der Waals surface area (Å²) in [6.45, 7) is 3.44. The van der Waals surface area contributed by atoms with Crippen LogP contribution in [0.3, 0.4) is 0 Å². The number of halogens is 4. The van der Waals surface area contributed by atoms with E-state index in [1.807, 2.05) is 0 Å². The van der Waals surface area contributed by atoms with Gasteiger partial charge in [-0.05, 0) is 23.8 Å². The second-order valence-corrected chi connectivity index (χ2v) is 3.85. The molecule has 1 rings (SSSR count). The first kappa shape index (κ1) is 12.3. The molecule has 0 aromatic heterocycles. The van der Waals surface area contributed by atoms with Crippen LogP contribution in [0.25, 0.3) is 0 Å². The van der Waals surface area contributed by atoms with E-state index in [0.717, 1.165) is 12.1 Å². The Balaban J connectivity index is 3.22. The first-order valence-electron chi connectivity index (χ1n) is 4.11. The molecule has 0 unspecified atom stereocenters. The van der Waals surface area contributed by atoms with Gasteiger partial charge in [-0.1, -0.05) is 22.0 Å². The molecule has 0 aliphatic rings. The number of rotatable bonds is 2. The minimum atomic E-state index is -4.35. The summed E-state index contributed by atoms with van der Waals surface area (Å²) >= 11 is 3.14. The van der Waals surface area contributed by atoms with Crippen molar-refractivity contribution in [2.75, 3.05) is 0 Å². The van der Waals surface area contributed by atoms with E-state index in [-0.39, 0.29) is 0 Å². The summed E-state index contributed by atoms with van der Waals surface area (Å²) in [4.78, 5) is 0. The van der Waals surface area contributed by atoms with Crippen LogP contribution in [0.2, 0.25) is 0 Å². The molecule has 1 aromatic rings. The summed E-state index contributed by atoms with van der Waals surface area (Å²) in [7, 11) is 0. The molecule has 0 amide bonds. The van der Waals surface area contributed by atoms with E-state index in [1.54, 1.807) is 0 Å². The Morgan fingerprint density at radius 2 is 2.00 bits per heavy atom. The Labute approximate surface area is 93.9 Å². The highest BCUT2D eigenvalue weighted by atomic mass is 79.9. The topological polar surface area (TPSA) is 26.0 Å². The van der Waals surface area contributed by atoms with Crippen LogP contribution in [0.5, 0.6) is 0 Å². The van der Waals surface area contributed by atoms with Crippen LogP contribution in [-0.2, 0) is 6.18 Å². The molecule has 5 heteroatoms. The molecule has 0 radical (unpaired) electrons. The number of nitrogens with two attached hydrogens (primary N) is 1. The first-order valence-corrected chi connectivity index (χ1v) is 4.90. The smallest absolute Gasteiger partial charge is 0.321 e. The van der Waals surface area contributed by atoms with Gasteiger partial charge in [-0.15, -0.1) is 6.58 Å². The van der Waals surface area contributed by atoms with Gasteiger partial charge >= 0.3 is 6.18 Å². The monoisotopic (exact) mass is 279 g/mol. The first-order chi connectivity index (χ1) is 6.86. The van der Waals surface area contributed by atoms with Crippen LogP contribution < -0.4 is 5.73 Å². The zero-order chi connectivity index (χ0) is 11.6. The number of hydrogen-bond donors (Lipinski definition) is 1. The van der Waals surface area contributed by atoms with E-state index in [0.29, 0.717) is 10.0 Å². The Kier molecular flexibility index (Phi) is 3.57. The van der Waals surface area contributed by atoms with Gasteiger partial charge in [0.25, 0.3) is 0 Å². The van der Waals surface area contributed by atoms with Gasteiger partial charge in [-0.25, -0.2) is 0 Å². The van der Waals surface area contributed by atoms with Crippen LogP contribution in [-0.4, -0.2) is 0 Å². The Bertz CT molecular complexity index is 373. The molecule has 82 valence electrons. The molecular weight excluding hydrogens is 271 g/mol. The SMILES string of the molecule is C=C[C@@H](N)c1cc(C(F)(F)F)ccc1Br. The van der Waals surface area contributed by atoms with Crippen molar-refractivity contribution in [3.8, 4) is 0 Å². The molecule has 1 aromatic carbocycles. The highest BCUT2D eigenvalue weighted by molar-refractivity contribution is 9.10. The normalized spacial score (nSPS) is 13.7. The molecule has 0 saturated carbocycles. The van der Waals surface area contributed by atoms with Crippen LogP contribution in [0.1, 0.15) is 17.2 Å². The van der Waals surface area contributed by atoms with Crippen LogP contribution >= 0.6 is 15.9 Å². The molecule has 0 heterocycles. The van der Waals surface area contributed by atoms with E-state index >= 15 is 0 Å². The summed E-state index contributed by atoms with van der Waals surface area (Å²) in [5, 5.41) is 0. The van der Waals surface area contributed by atoms with E-state index in [1.165, 1.54) is 12.1 Å². The van der Waals surface area contributed by atoms with Crippen molar-refractivity contribution in [3.63, 3.8) is 0 Å².